The van der Waals surface area contributed by atoms with Crippen LogP contribution in [0.5, 0.6) is 5.75 Å². The number of methoxy groups -OCH3 is 1. The average molecular weight is 445 g/mol. The average Bonchev–Trinajstić information content (AvgIpc) is 3.40. The van der Waals surface area contributed by atoms with Gasteiger partial charge < -0.3 is 14.9 Å². The summed E-state index contributed by atoms with van der Waals surface area (Å²) < 4.78 is 6.83. The van der Waals surface area contributed by atoms with Crippen molar-refractivity contribution in [1.29, 1.82) is 0 Å². The number of halogens is 2. The normalized spacial score (nSPS) is 15.4. The topological polar surface area (TPSA) is 77.7 Å². The number of hydrogen-bond acceptors (Lipinski definition) is 5. The number of carbonyl (C=O) groups is 1. The van der Waals surface area contributed by atoms with Crippen LogP contribution in [0, 0.1) is 0 Å². The van der Waals surface area contributed by atoms with Gasteiger partial charge in [0.05, 0.1) is 19.4 Å². The second-order valence-corrected chi connectivity index (χ2v) is 7.53. The first-order valence-electron chi connectivity index (χ1n) is 9.17. The van der Waals surface area contributed by atoms with E-state index in [0.717, 1.165) is 16.9 Å². The van der Waals surface area contributed by atoms with Crippen molar-refractivity contribution in [3.8, 4) is 5.75 Å². The van der Waals surface area contributed by atoms with E-state index in [0.29, 0.717) is 34.5 Å². The molecule has 2 heterocycles. The highest BCUT2D eigenvalue weighted by Crippen LogP contribution is 2.23. The SMILES string of the molecule is COc1ccc(C2=NOC(C(=O)Nc3ccn(Cc4ccc(Cl)cc4Cl)n3)C2)cc1. The van der Waals surface area contributed by atoms with Crippen LogP contribution in [0.1, 0.15) is 17.5 Å². The smallest absolute Gasteiger partial charge is 0.269 e. The van der Waals surface area contributed by atoms with Gasteiger partial charge in [-0.25, -0.2) is 0 Å². The van der Waals surface area contributed by atoms with Gasteiger partial charge in [0, 0.05) is 28.7 Å². The molecule has 3 aromatic rings. The molecule has 0 saturated carbocycles. The fourth-order valence-corrected chi connectivity index (χ4v) is 3.49. The molecule has 0 bridgehead atoms. The van der Waals surface area contributed by atoms with Crippen LogP contribution < -0.4 is 10.1 Å². The monoisotopic (exact) mass is 444 g/mol. The molecule has 1 amide bonds. The Bertz CT molecular complexity index is 1100. The summed E-state index contributed by atoms with van der Waals surface area (Å²) in [5.74, 6) is 0.867. The summed E-state index contributed by atoms with van der Waals surface area (Å²) in [5, 5.41) is 12.3. The van der Waals surface area contributed by atoms with Gasteiger partial charge in [-0.3, -0.25) is 9.48 Å². The summed E-state index contributed by atoms with van der Waals surface area (Å²) in [6.45, 7) is 0.455. The van der Waals surface area contributed by atoms with Crippen molar-refractivity contribution < 1.29 is 14.4 Å². The fraction of sp³-hybridized carbons (Fsp3) is 0.190. The largest absolute Gasteiger partial charge is 0.497 e. The number of carbonyl (C=O) groups excluding carboxylic acids is 1. The molecule has 0 spiro atoms. The quantitative estimate of drug-likeness (QED) is 0.611. The van der Waals surface area contributed by atoms with Crippen LogP contribution in [0.15, 0.2) is 59.9 Å². The van der Waals surface area contributed by atoms with Crippen LogP contribution in [0.2, 0.25) is 10.0 Å². The first kappa shape index (κ1) is 20.3. The summed E-state index contributed by atoms with van der Waals surface area (Å²) >= 11 is 12.1. The number of amides is 1. The van der Waals surface area contributed by atoms with Crippen LogP contribution in [0.3, 0.4) is 0 Å². The first-order chi connectivity index (χ1) is 14.5. The summed E-state index contributed by atoms with van der Waals surface area (Å²) in [7, 11) is 1.61. The van der Waals surface area contributed by atoms with E-state index in [9.17, 15) is 4.79 Å². The second-order valence-electron chi connectivity index (χ2n) is 6.69. The molecule has 1 aliphatic heterocycles. The van der Waals surface area contributed by atoms with Gasteiger partial charge in [-0.05, 0) is 47.5 Å². The Morgan fingerprint density at radius 3 is 2.77 bits per heavy atom. The molecule has 0 radical (unpaired) electrons. The van der Waals surface area contributed by atoms with Gasteiger partial charge in [0.2, 0.25) is 6.10 Å². The van der Waals surface area contributed by atoms with E-state index in [1.807, 2.05) is 30.3 Å². The van der Waals surface area contributed by atoms with Crippen molar-refractivity contribution in [2.75, 3.05) is 12.4 Å². The minimum absolute atomic E-state index is 0.308. The lowest BCUT2D eigenvalue weighted by atomic mass is 10.0. The van der Waals surface area contributed by atoms with Crippen LogP contribution in [0.4, 0.5) is 5.82 Å². The van der Waals surface area contributed by atoms with Crippen molar-refractivity contribution in [1.82, 2.24) is 9.78 Å². The molecule has 9 heteroatoms. The van der Waals surface area contributed by atoms with Gasteiger partial charge in [-0.1, -0.05) is 34.4 Å². The molecular formula is C21H18Cl2N4O3. The van der Waals surface area contributed by atoms with Gasteiger partial charge in [-0.15, -0.1) is 0 Å². The number of ether oxygens (including phenoxy) is 1. The third kappa shape index (κ3) is 4.58. The van der Waals surface area contributed by atoms with Crippen LogP contribution in [-0.2, 0) is 16.2 Å². The second kappa shape index (κ2) is 8.77. The number of oxime groups is 1. The standard InChI is InChI=1S/C21H18Cl2N4O3/c1-29-16-6-3-13(4-7-16)18-11-19(30-26-18)21(28)24-20-8-9-27(25-20)12-14-2-5-15(22)10-17(14)23/h2-10,19H,11-12H2,1H3,(H,24,25,28). The van der Waals surface area contributed by atoms with E-state index in [2.05, 4.69) is 15.6 Å². The lowest BCUT2D eigenvalue weighted by Crippen LogP contribution is -2.28. The molecule has 7 nitrogen and oxygen atoms in total. The zero-order valence-corrected chi connectivity index (χ0v) is 17.5. The van der Waals surface area contributed by atoms with Gasteiger partial charge in [0.1, 0.15) is 5.75 Å². The Hall–Kier alpha value is -3.03. The van der Waals surface area contributed by atoms with Gasteiger partial charge in [0.25, 0.3) is 5.91 Å². The molecule has 154 valence electrons. The van der Waals surface area contributed by atoms with E-state index >= 15 is 0 Å². The fourth-order valence-electron chi connectivity index (χ4n) is 3.02. The molecule has 4 rings (SSSR count). The lowest BCUT2D eigenvalue weighted by molar-refractivity contribution is -0.125. The van der Waals surface area contributed by atoms with Crippen molar-refractivity contribution in [3.05, 3.63) is 75.9 Å². The molecule has 1 aromatic heterocycles. The molecule has 1 aliphatic rings. The maximum Gasteiger partial charge on any atom is 0.269 e. The molecule has 1 N–H and O–H groups in total. The number of anilines is 1. The minimum Gasteiger partial charge on any atom is -0.497 e. The third-order valence-corrected chi connectivity index (χ3v) is 5.21. The van der Waals surface area contributed by atoms with Crippen molar-refractivity contribution >= 4 is 40.6 Å². The number of benzene rings is 2. The highest BCUT2D eigenvalue weighted by molar-refractivity contribution is 6.35. The summed E-state index contributed by atoms with van der Waals surface area (Å²) in [4.78, 5) is 17.9. The maximum absolute atomic E-state index is 12.5. The minimum atomic E-state index is -0.710. The Kier molecular flexibility index (Phi) is 5.92. The maximum atomic E-state index is 12.5. The molecule has 0 aliphatic carbocycles. The van der Waals surface area contributed by atoms with Gasteiger partial charge in [-0.2, -0.15) is 5.10 Å². The van der Waals surface area contributed by atoms with E-state index in [1.165, 1.54) is 0 Å². The number of nitrogens with zero attached hydrogens (tertiary/aromatic N) is 3. The first-order valence-corrected chi connectivity index (χ1v) is 9.93. The Labute approximate surface area is 183 Å². The number of aromatic nitrogens is 2. The van der Waals surface area contributed by atoms with E-state index < -0.39 is 6.10 Å². The Balaban J connectivity index is 1.34. The highest BCUT2D eigenvalue weighted by atomic mass is 35.5. The molecule has 2 aromatic carbocycles. The Morgan fingerprint density at radius 2 is 2.03 bits per heavy atom. The summed E-state index contributed by atoms with van der Waals surface area (Å²) in [6.07, 6.45) is 1.42. The lowest BCUT2D eigenvalue weighted by Gasteiger charge is -2.08. The van der Waals surface area contributed by atoms with Crippen LogP contribution >= 0.6 is 23.2 Å². The summed E-state index contributed by atoms with van der Waals surface area (Å²) in [5.41, 5.74) is 2.47. The van der Waals surface area contributed by atoms with Crippen molar-refractivity contribution in [2.45, 2.75) is 19.1 Å². The highest BCUT2D eigenvalue weighted by Gasteiger charge is 2.29. The molecule has 0 fully saturated rings. The number of nitrogens with one attached hydrogen (secondary N) is 1. The predicted molar refractivity (Wildman–Crippen MR) is 115 cm³/mol. The zero-order valence-electron chi connectivity index (χ0n) is 16.0. The third-order valence-electron chi connectivity index (χ3n) is 4.62. The molecule has 1 atom stereocenters. The molecular weight excluding hydrogens is 427 g/mol. The van der Waals surface area contributed by atoms with Crippen molar-refractivity contribution in [3.63, 3.8) is 0 Å². The molecule has 30 heavy (non-hydrogen) atoms. The van der Waals surface area contributed by atoms with E-state index in [1.54, 1.807) is 36.2 Å². The van der Waals surface area contributed by atoms with Gasteiger partial charge >= 0.3 is 0 Å². The van der Waals surface area contributed by atoms with Crippen LogP contribution in [0.25, 0.3) is 0 Å². The van der Waals surface area contributed by atoms with Gasteiger partial charge in [0.15, 0.2) is 5.82 Å². The number of rotatable bonds is 6. The van der Waals surface area contributed by atoms with E-state index in [-0.39, 0.29) is 5.91 Å². The molecule has 0 saturated heterocycles. The molecule has 1 unspecified atom stereocenters. The predicted octanol–water partition coefficient (Wildman–Crippen LogP) is 4.38. The summed E-state index contributed by atoms with van der Waals surface area (Å²) in [6, 6.07) is 14.4. The van der Waals surface area contributed by atoms with Crippen LogP contribution in [-0.4, -0.2) is 34.6 Å². The van der Waals surface area contributed by atoms with Crippen molar-refractivity contribution in [2.24, 2.45) is 5.16 Å². The number of hydrogen-bond donors (Lipinski definition) is 1. The Morgan fingerprint density at radius 1 is 1.23 bits per heavy atom. The zero-order chi connectivity index (χ0) is 21.1. The van der Waals surface area contributed by atoms with E-state index in [4.69, 9.17) is 32.8 Å².